The summed E-state index contributed by atoms with van der Waals surface area (Å²) in [6.07, 6.45) is 1.16. The Morgan fingerprint density at radius 2 is 1.05 bits per heavy atom. The SMILES string of the molecule is CCC(C)Oc1ccc(-c2ccc(Oc3ccc(S(=O)(=O)c4ccc(C(C)(C)C)cc4)cc3)cc2)cc1. The van der Waals surface area contributed by atoms with Gasteiger partial charge in [0.05, 0.1) is 15.9 Å². The van der Waals surface area contributed by atoms with Crippen LogP contribution in [0, 0.1) is 0 Å². The molecule has 5 heteroatoms. The van der Waals surface area contributed by atoms with Crippen molar-refractivity contribution < 1.29 is 17.9 Å². The first kappa shape index (κ1) is 26.5. The zero-order chi connectivity index (χ0) is 26.6. The summed E-state index contributed by atoms with van der Waals surface area (Å²) in [5, 5.41) is 0. The largest absolute Gasteiger partial charge is 0.491 e. The molecule has 0 aliphatic rings. The fraction of sp³-hybridized carbons (Fsp3) is 0.250. The number of hydrogen-bond acceptors (Lipinski definition) is 4. The third-order valence-corrected chi connectivity index (χ3v) is 8.14. The molecule has 1 unspecified atom stereocenters. The molecule has 0 radical (unpaired) electrons. The van der Waals surface area contributed by atoms with Crippen molar-refractivity contribution in [1.82, 2.24) is 0 Å². The zero-order valence-corrected chi connectivity index (χ0v) is 22.9. The molecule has 4 aromatic carbocycles. The van der Waals surface area contributed by atoms with Gasteiger partial charge in [0.25, 0.3) is 0 Å². The molecular weight excluding hydrogens is 480 g/mol. The zero-order valence-electron chi connectivity index (χ0n) is 22.1. The summed E-state index contributed by atoms with van der Waals surface area (Å²) in [6.45, 7) is 10.5. The molecule has 0 spiro atoms. The van der Waals surface area contributed by atoms with Crippen LogP contribution in [0.3, 0.4) is 0 Å². The van der Waals surface area contributed by atoms with Gasteiger partial charge in [-0.15, -0.1) is 0 Å². The summed E-state index contributed by atoms with van der Waals surface area (Å²) in [7, 11) is -3.60. The number of ether oxygens (including phenoxy) is 2. The van der Waals surface area contributed by atoms with Gasteiger partial charge in [-0.05, 0) is 96.1 Å². The Hall–Kier alpha value is -3.57. The van der Waals surface area contributed by atoms with Crippen molar-refractivity contribution in [2.75, 3.05) is 0 Å². The van der Waals surface area contributed by atoms with E-state index in [-0.39, 0.29) is 21.3 Å². The van der Waals surface area contributed by atoms with E-state index in [2.05, 4.69) is 34.6 Å². The molecule has 0 aliphatic heterocycles. The van der Waals surface area contributed by atoms with E-state index in [1.165, 1.54) is 0 Å². The van der Waals surface area contributed by atoms with Crippen LogP contribution in [-0.4, -0.2) is 14.5 Å². The molecule has 4 rings (SSSR count). The summed E-state index contributed by atoms with van der Waals surface area (Å²) in [5.74, 6) is 2.11. The van der Waals surface area contributed by atoms with Crippen molar-refractivity contribution >= 4 is 9.84 Å². The molecule has 0 aromatic heterocycles. The third kappa shape index (κ3) is 6.41. The van der Waals surface area contributed by atoms with Crippen molar-refractivity contribution in [2.24, 2.45) is 0 Å². The van der Waals surface area contributed by atoms with Crippen molar-refractivity contribution in [1.29, 1.82) is 0 Å². The minimum atomic E-state index is -3.60. The van der Waals surface area contributed by atoms with Crippen LogP contribution in [0.1, 0.15) is 46.6 Å². The highest BCUT2D eigenvalue weighted by Crippen LogP contribution is 2.30. The van der Waals surface area contributed by atoms with Crippen LogP contribution < -0.4 is 9.47 Å². The first-order valence-corrected chi connectivity index (χ1v) is 14.1. The Morgan fingerprint density at radius 3 is 1.49 bits per heavy atom. The monoisotopic (exact) mass is 514 g/mol. The van der Waals surface area contributed by atoms with Gasteiger partial charge in [0.1, 0.15) is 17.2 Å². The minimum Gasteiger partial charge on any atom is -0.491 e. The first-order valence-electron chi connectivity index (χ1n) is 12.6. The Bertz CT molecular complexity index is 1410. The summed E-state index contributed by atoms with van der Waals surface area (Å²) in [6, 6.07) is 29.5. The van der Waals surface area contributed by atoms with E-state index in [4.69, 9.17) is 9.47 Å². The Kier molecular flexibility index (Phi) is 7.74. The summed E-state index contributed by atoms with van der Waals surface area (Å²) >= 11 is 0. The van der Waals surface area contributed by atoms with Crippen LogP contribution in [0.25, 0.3) is 11.1 Å². The van der Waals surface area contributed by atoms with E-state index in [9.17, 15) is 8.42 Å². The summed E-state index contributed by atoms with van der Waals surface area (Å²) in [5.41, 5.74) is 3.22. The van der Waals surface area contributed by atoms with E-state index in [1.54, 1.807) is 36.4 Å². The molecule has 0 aliphatic carbocycles. The van der Waals surface area contributed by atoms with Gasteiger partial charge in [-0.3, -0.25) is 0 Å². The number of hydrogen-bond donors (Lipinski definition) is 0. The second-order valence-corrected chi connectivity index (χ2v) is 12.2. The lowest BCUT2D eigenvalue weighted by atomic mass is 9.87. The van der Waals surface area contributed by atoms with Crippen LogP contribution in [0.2, 0.25) is 0 Å². The molecule has 0 N–H and O–H groups in total. The van der Waals surface area contributed by atoms with Gasteiger partial charge in [-0.1, -0.05) is 64.1 Å². The van der Waals surface area contributed by atoms with Gasteiger partial charge >= 0.3 is 0 Å². The fourth-order valence-corrected chi connectivity index (χ4v) is 5.11. The fourth-order valence-electron chi connectivity index (χ4n) is 3.85. The Labute approximate surface area is 220 Å². The van der Waals surface area contributed by atoms with Gasteiger partial charge in [-0.25, -0.2) is 8.42 Å². The van der Waals surface area contributed by atoms with E-state index in [1.807, 2.05) is 60.7 Å². The van der Waals surface area contributed by atoms with E-state index in [0.717, 1.165) is 28.9 Å². The molecule has 0 saturated heterocycles. The van der Waals surface area contributed by atoms with Crippen molar-refractivity contribution in [3.63, 3.8) is 0 Å². The van der Waals surface area contributed by atoms with Crippen molar-refractivity contribution in [3.8, 4) is 28.4 Å². The highest BCUT2D eigenvalue weighted by Gasteiger charge is 2.20. The van der Waals surface area contributed by atoms with Gasteiger partial charge in [0.2, 0.25) is 9.84 Å². The second-order valence-electron chi connectivity index (χ2n) is 10.2. The molecular formula is C32H34O4S. The summed E-state index contributed by atoms with van der Waals surface area (Å²) < 4.78 is 38.0. The van der Waals surface area contributed by atoms with Crippen LogP contribution in [-0.2, 0) is 15.3 Å². The topological polar surface area (TPSA) is 52.6 Å². The molecule has 0 fully saturated rings. The van der Waals surface area contributed by atoms with E-state index >= 15 is 0 Å². The van der Waals surface area contributed by atoms with Crippen LogP contribution in [0.4, 0.5) is 0 Å². The van der Waals surface area contributed by atoms with Gasteiger partial charge in [0, 0.05) is 0 Å². The van der Waals surface area contributed by atoms with E-state index < -0.39 is 9.84 Å². The van der Waals surface area contributed by atoms with Gasteiger partial charge < -0.3 is 9.47 Å². The second kappa shape index (κ2) is 10.8. The molecule has 4 nitrogen and oxygen atoms in total. The van der Waals surface area contributed by atoms with Crippen molar-refractivity contribution in [3.05, 3.63) is 103 Å². The van der Waals surface area contributed by atoms with Crippen LogP contribution in [0.5, 0.6) is 17.2 Å². The minimum absolute atomic E-state index is 0.0356. The molecule has 1 atom stereocenters. The smallest absolute Gasteiger partial charge is 0.206 e. The lowest BCUT2D eigenvalue weighted by Crippen LogP contribution is -2.11. The van der Waals surface area contributed by atoms with Crippen molar-refractivity contribution in [2.45, 2.75) is 62.3 Å². The maximum absolute atomic E-state index is 13.1. The normalized spacial score (nSPS) is 12.7. The van der Waals surface area contributed by atoms with Crippen LogP contribution >= 0.6 is 0 Å². The third-order valence-electron chi connectivity index (χ3n) is 6.35. The molecule has 37 heavy (non-hydrogen) atoms. The molecule has 0 saturated carbocycles. The Morgan fingerprint density at radius 1 is 0.649 bits per heavy atom. The average Bonchev–Trinajstić information content (AvgIpc) is 2.89. The molecule has 0 heterocycles. The molecule has 4 aromatic rings. The van der Waals surface area contributed by atoms with Gasteiger partial charge in [0.15, 0.2) is 0 Å². The van der Waals surface area contributed by atoms with E-state index in [0.29, 0.717) is 11.5 Å². The molecule has 0 amide bonds. The standard InChI is InChI=1S/C32H34O4S/c1-6-23(2)35-27-13-7-24(8-14-27)25-9-15-28(16-10-25)36-29-17-21-31(22-18-29)37(33,34)30-19-11-26(12-20-30)32(3,4)5/h7-23H,6H2,1-5H3. The highest BCUT2D eigenvalue weighted by molar-refractivity contribution is 7.91. The maximum atomic E-state index is 13.1. The van der Waals surface area contributed by atoms with Crippen LogP contribution in [0.15, 0.2) is 107 Å². The lowest BCUT2D eigenvalue weighted by molar-refractivity contribution is 0.217. The maximum Gasteiger partial charge on any atom is 0.206 e. The Balaban J connectivity index is 1.42. The lowest BCUT2D eigenvalue weighted by Gasteiger charge is -2.19. The predicted octanol–water partition coefficient (Wildman–Crippen LogP) is 8.45. The quantitative estimate of drug-likeness (QED) is 0.237. The number of sulfone groups is 1. The first-order chi connectivity index (χ1) is 17.6. The molecule has 0 bridgehead atoms. The number of rotatable bonds is 8. The average molecular weight is 515 g/mol. The highest BCUT2D eigenvalue weighted by atomic mass is 32.2. The molecule has 192 valence electrons. The summed E-state index contributed by atoms with van der Waals surface area (Å²) in [4.78, 5) is 0.517. The van der Waals surface area contributed by atoms with Gasteiger partial charge in [-0.2, -0.15) is 0 Å². The number of benzene rings is 4. The predicted molar refractivity (Wildman–Crippen MR) is 149 cm³/mol.